The molecule has 2 fully saturated rings. The van der Waals surface area contributed by atoms with Gasteiger partial charge in [0.25, 0.3) is 0 Å². The van der Waals surface area contributed by atoms with Crippen molar-refractivity contribution in [1.29, 1.82) is 0 Å². The lowest BCUT2D eigenvalue weighted by Gasteiger charge is -2.63. The number of hydrogen-bond acceptors (Lipinski definition) is 5. The van der Waals surface area contributed by atoms with Crippen LogP contribution in [0.3, 0.4) is 0 Å². The lowest BCUT2D eigenvalue weighted by Crippen LogP contribution is -2.74. The smallest absolute Gasteiger partial charge is 0.192 e. The molecule has 2 rings (SSSR count). The molecule has 7 heteroatoms. The van der Waals surface area contributed by atoms with Crippen molar-refractivity contribution in [3.8, 4) is 0 Å². The van der Waals surface area contributed by atoms with Crippen molar-refractivity contribution in [2.75, 3.05) is 19.8 Å². The Morgan fingerprint density at radius 1 is 1.00 bits per heavy atom. The van der Waals surface area contributed by atoms with Gasteiger partial charge >= 0.3 is 0 Å². The van der Waals surface area contributed by atoms with Crippen LogP contribution in [0.5, 0.6) is 0 Å². The second-order valence-electron chi connectivity index (χ2n) is 12.7. The average Bonchev–Trinajstić information content (AvgIpc) is 2.53. The second kappa shape index (κ2) is 7.68. The number of rotatable bonds is 6. The molecule has 1 saturated heterocycles. The molecule has 29 heavy (non-hydrogen) atoms. The standard InChI is InChI=1S/C22H46O5Si2/c1-19(2,3)28(8,9)26-14-21(7)16(13-23)22(24)15-25-18(22)12-17(21)27-29(10,11)20(4,5)6/h16-18,23-24H,12-15H2,1-11H3/t16-,17-,18+,21-,22+/m0/s1. The van der Waals surface area contributed by atoms with Gasteiger partial charge in [0.1, 0.15) is 5.60 Å². The molecule has 0 aromatic carbocycles. The van der Waals surface area contributed by atoms with Gasteiger partial charge in [-0.1, -0.05) is 48.5 Å². The van der Waals surface area contributed by atoms with E-state index >= 15 is 0 Å². The normalized spacial score (nSPS) is 36.5. The Morgan fingerprint density at radius 2 is 1.52 bits per heavy atom. The van der Waals surface area contributed by atoms with Crippen LogP contribution < -0.4 is 0 Å². The summed E-state index contributed by atoms with van der Waals surface area (Å²) < 4.78 is 19.3. The third kappa shape index (κ3) is 4.43. The predicted octanol–water partition coefficient (Wildman–Crippen LogP) is 4.55. The fourth-order valence-corrected chi connectivity index (χ4v) is 6.59. The zero-order chi connectivity index (χ0) is 22.7. The first-order valence-corrected chi connectivity index (χ1v) is 16.9. The van der Waals surface area contributed by atoms with Gasteiger partial charge in [0, 0.05) is 31.0 Å². The zero-order valence-corrected chi connectivity index (χ0v) is 22.7. The van der Waals surface area contributed by atoms with Crippen LogP contribution in [0.15, 0.2) is 0 Å². The Balaban J connectivity index is 2.39. The first-order chi connectivity index (χ1) is 12.8. The van der Waals surface area contributed by atoms with E-state index in [1.807, 2.05) is 0 Å². The Hall–Kier alpha value is 0.234. The number of aliphatic hydroxyl groups excluding tert-OH is 1. The van der Waals surface area contributed by atoms with Crippen LogP contribution in [0, 0.1) is 11.3 Å². The summed E-state index contributed by atoms with van der Waals surface area (Å²) in [7, 11) is -4.04. The Labute approximate surface area is 180 Å². The lowest BCUT2D eigenvalue weighted by atomic mass is 9.57. The number of aliphatic hydroxyl groups is 2. The fourth-order valence-electron chi connectivity index (χ4n) is 4.06. The highest BCUT2D eigenvalue weighted by atomic mass is 28.4. The van der Waals surface area contributed by atoms with E-state index in [4.69, 9.17) is 13.6 Å². The van der Waals surface area contributed by atoms with Crippen LogP contribution in [0.2, 0.25) is 36.3 Å². The van der Waals surface area contributed by atoms with Crippen molar-refractivity contribution in [2.24, 2.45) is 11.3 Å². The topological polar surface area (TPSA) is 68.2 Å². The summed E-state index contributed by atoms with van der Waals surface area (Å²) in [6.07, 6.45) is 0.267. The van der Waals surface area contributed by atoms with Crippen LogP contribution >= 0.6 is 0 Å². The zero-order valence-electron chi connectivity index (χ0n) is 20.7. The van der Waals surface area contributed by atoms with Crippen molar-refractivity contribution in [3.05, 3.63) is 0 Å². The van der Waals surface area contributed by atoms with E-state index in [-0.39, 0.29) is 41.4 Å². The van der Waals surface area contributed by atoms with Crippen LogP contribution in [-0.2, 0) is 13.6 Å². The van der Waals surface area contributed by atoms with Crippen LogP contribution in [0.1, 0.15) is 54.9 Å². The van der Waals surface area contributed by atoms with E-state index in [0.717, 1.165) is 0 Å². The van der Waals surface area contributed by atoms with E-state index in [1.165, 1.54) is 0 Å². The van der Waals surface area contributed by atoms with Gasteiger partial charge in [0.15, 0.2) is 16.6 Å². The summed E-state index contributed by atoms with van der Waals surface area (Å²) in [5, 5.41) is 21.9. The molecule has 2 aliphatic rings. The number of fused-ring (bicyclic) bond motifs is 1. The average molecular weight is 447 g/mol. The number of ether oxygens (including phenoxy) is 1. The highest BCUT2D eigenvalue weighted by molar-refractivity contribution is 6.74. The van der Waals surface area contributed by atoms with Gasteiger partial charge in [-0.3, -0.25) is 0 Å². The van der Waals surface area contributed by atoms with Gasteiger partial charge < -0.3 is 23.8 Å². The first-order valence-electron chi connectivity index (χ1n) is 11.1. The molecule has 0 radical (unpaired) electrons. The third-order valence-electron chi connectivity index (χ3n) is 8.61. The van der Waals surface area contributed by atoms with E-state index < -0.39 is 27.7 Å². The Morgan fingerprint density at radius 3 is 1.90 bits per heavy atom. The number of hydrogen-bond donors (Lipinski definition) is 2. The minimum atomic E-state index is -2.05. The van der Waals surface area contributed by atoms with Gasteiger partial charge in [-0.05, 0) is 36.3 Å². The van der Waals surface area contributed by atoms with Gasteiger partial charge in [-0.2, -0.15) is 0 Å². The van der Waals surface area contributed by atoms with Crippen molar-refractivity contribution in [2.45, 2.75) is 109 Å². The van der Waals surface area contributed by atoms with E-state index in [0.29, 0.717) is 13.0 Å². The quantitative estimate of drug-likeness (QED) is 0.586. The van der Waals surface area contributed by atoms with Crippen LogP contribution in [0.25, 0.3) is 0 Å². The Bertz CT molecular complexity index is 595. The molecule has 0 unspecified atom stereocenters. The fraction of sp³-hybridized carbons (Fsp3) is 1.00. The van der Waals surface area contributed by atoms with Gasteiger partial charge in [0.05, 0.1) is 18.8 Å². The molecule has 0 amide bonds. The minimum absolute atomic E-state index is 0.0805. The molecule has 0 aromatic rings. The predicted molar refractivity (Wildman–Crippen MR) is 123 cm³/mol. The monoisotopic (exact) mass is 446 g/mol. The van der Waals surface area contributed by atoms with Crippen LogP contribution in [-0.4, -0.2) is 64.5 Å². The second-order valence-corrected chi connectivity index (χ2v) is 22.2. The lowest BCUT2D eigenvalue weighted by molar-refractivity contribution is -0.323. The van der Waals surface area contributed by atoms with Crippen LogP contribution in [0.4, 0.5) is 0 Å². The van der Waals surface area contributed by atoms with E-state index in [1.54, 1.807) is 0 Å². The summed E-state index contributed by atoms with van der Waals surface area (Å²) in [5.41, 5.74) is -1.47. The highest BCUT2D eigenvalue weighted by Gasteiger charge is 2.66. The maximum Gasteiger partial charge on any atom is 0.192 e. The minimum Gasteiger partial charge on any atom is -0.416 e. The SMILES string of the molecule is CC(C)(C)[Si](C)(C)OC[C@]1(C)[C@@H](O[Si](C)(C)C(C)(C)C)C[C@H]2OC[C@@]2(O)[C@H]1CO. The van der Waals surface area contributed by atoms with Crippen molar-refractivity contribution in [3.63, 3.8) is 0 Å². The van der Waals surface area contributed by atoms with Crippen molar-refractivity contribution in [1.82, 2.24) is 0 Å². The third-order valence-corrected chi connectivity index (χ3v) is 17.6. The molecule has 0 aromatic heterocycles. The summed E-state index contributed by atoms with van der Waals surface area (Å²) in [6.45, 7) is 25.3. The van der Waals surface area contributed by atoms with Gasteiger partial charge in [-0.25, -0.2) is 0 Å². The molecular weight excluding hydrogens is 400 g/mol. The molecule has 1 aliphatic carbocycles. The van der Waals surface area contributed by atoms with E-state index in [2.05, 4.69) is 74.7 Å². The maximum absolute atomic E-state index is 11.3. The molecule has 0 spiro atoms. The van der Waals surface area contributed by atoms with E-state index in [9.17, 15) is 10.2 Å². The highest BCUT2D eigenvalue weighted by Crippen LogP contribution is 2.55. The molecule has 1 aliphatic heterocycles. The summed E-state index contributed by atoms with van der Waals surface area (Å²) >= 11 is 0. The molecule has 172 valence electrons. The summed E-state index contributed by atoms with van der Waals surface area (Å²) in [6, 6.07) is 0. The summed E-state index contributed by atoms with van der Waals surface area (Å²) in [5.74, 6) is -0.331. The Kier molecular flexibility index (Phi) is 6.75. The van der Waals surface area contributed by atoms with Crippen molar-refractivity contribution < 1.29 is 23.8 Å². The van der Waals surface area contributed by atoms with Gasteiger partial charge in [-0.15, -0.1) is 0 Å². The molecular formula is C22H46O5Si2. The molecule has 5 atom stereocenters. The maximum atomic E-state index is 11.3. The largest absolute Gasteiger partial charge is 0.416 e. The van der Waals surface area contributed by atoms with Crippen molar-refractivity contribution >= 4 is 16.6 Å². The molecule has 0 bridgehead atoms. The molecule has 2 N–H and O–H groups in total. The molecule has 1 saturated carbocycles. The van der Waals surface area contributed by atoms with Gasteiger partial charge in [0.2, 0.25) is 0 Å². The molecule has 1 heterocycles. The molecule has 5 nitrogen and oxygen atoms in total. The summed E-state index contributed by atoms with van der Waals surface area (Å²) in [4.78, 5) is 0. The first kappa shape index (κ1) is 25.5.